The molecule has 1 aliphatic heterocycles. The maximum atomic E-state index is 11.7. The summed E-state index contributed by atoms with van der Waals surface area (Å²) in [6.45, 7) is 12.3. The molecular weight excluding hydrogens is 584 g/mol. The molecule has 1 atom stereocenters. The fourth-order valence-electron chi connectivity index (χ4n) is 7.05. The highest BCUT2D eigenvalue weighted by Gasteiger charge is 2.44. The van der Waals surface area contributed by atoms with Crippen molar-refractivity contribution in [1.29, 1.82) is 0 Å². The second-order valence-corrected chi connectivity index (χ2v) is 12.9. The van der Waals surface area contributed by atoms with Crippen LogP contribution in [0.5, 0.6) is 17.2 Å². The smallest absolute Gasteiger partial charge is 0.333 e. The van der Waals surface area contributed by atoms with Gasteiger partial charge in [-0.1, -0.05) is 92.7 Å². The average Bonchev–Trinajstić information content (AvgIpc) is 3.33. The van der Waals surface area contributed by atoms with Gasteiger partial charge < -0.3 is 18.9 Å². The zero-order valence-electron chi connectivity index (χ0n) is 27.5. The van der Waals surface area contributed by atoms with Gasteiger partial charge in [-0.2, -0.15) is 0 Å². The molecule has 236 valence electrons. The lowest BCUT2D eigenvalue weighted by Crippen LogP contribution is -2.35. The molecule has 1 unspecified atom stereocenters. The summed E-state index contributed by atoms with van der Waals surface area (Å²) in [5.74, 6) is 1.86. The highest BCUT2D eigenvalue weighted by Crippen LogP contribution is 2.58. The van der Waals surface area contributed by atoms with Gasteiger partial charge in [-0.3, -0.25) is 0 Å². The van der Waals surface area contributed by atoms with E-state index in [0.717, 1.165) is 39.0 Å². The van der Waals surface area contributed by atoms with E-state index in [0.29, 0.717) is 11.3 Å². The van der Waals surface area contributed by atoms with Crippen LogP contribution in [0.3, 0.4) is 0 Å². The number of aryl methyl sites for hydroxylation is 1. The zero-order chi connectivity index (χ0) is 32.9. The number of fused-ring (bicyclic) bond motifs is 8. The molecule has 0 aromatic heterocycles. The van der Waals surface area contributed by atoms with Crippen LogP contribution in [0.25, 0.3) is 28.0 Å². The van der Waals surface area contributed by atoms with Crippen molar-refractivity contribution in [2.45, 2.75) is 38.7 Å². The Kier molecular flexibility index (Phi) is 7.43. The number of esters is 1. The maximum Gasteiger partial charge on any atom is 0.333 e. The Bertz CT molecular complexity index is 2070. The van der Waals surface area contributed by atoms with Crippen LogP contribution in [0.4, 0.5) is 0 Å². The first-order valence-electron chi connectivity index (χ1n) is 15.9. The van der Waals surface area contributed by atoms with E-state index in [-0.39, 0.29) is 18.6 Å². The molecule has 2 aliphatic rings. The number of hydrogen-bond donors (Lipinski definition) is 0. The van der Waals surface area contributed by atoms with Gasteiger partial charge in [0, 0.05) is 33.1 Å². The van der Waals surface area contributed by atoms with Crippen molar-refractivity contribution in [3.05, 3.63) is 143 Å². The monoisotopic (exact) mass is 622 g/mol. The predicted octanol–water partition coefficient (Wildman–Crippen LogP) is 9.31. The minimum atomic E-state index is -0.907. The Labute approximate surface area is 276 Å². The fraction of sp³-hybridized carbons (Fsp3) is 0.214. The van der Waals surface area contributed by atoms with Gasteiger partial charge in [-0.15, -0.1) is 0 Å². The van der Waals surface area contributed by atoms with Crippen molar-refractivity contribution in [3.8, 4) is 28.4 Å². The number of benzene rings is 5. The van der Waals surface area contributed by atoms with Crippen LogP contribution in [0, 0.1) is 6.92 Å². The van der Waals surface area contributed by atoms with Gasteiger partial charge in [0.2, 0.25) is 0 Å². The molecular formula is C42H38O5. The zero-order valence-corrected chi connectivity index (χ0v) is 27.5. The van der Waals surface area contributed by atoms with E-state index in [1.54, 1.807) is 14.0 Å². The predicted molar refractivity (Wildman–Crippen MR) is 187 cm³/mol. The molecule has 0 N–H and O–H groups in total. The minimum absolute atomic E-state index is 0.143. The van der Waals surface area contributed by atoms with E-state index in [1.807, 2.05) is 30.3 Å². The third-order valence-corrected chi connectivity index (χ3v) is 9.44. The van der Waals surface area contributed by atoms with Gasteiger partial charge in [-0.25, -0.2) is 4.79 Å². The fourth-order valence-corrected chi connectivity index (χ4v) is 7.05. The third-order valence-electron chi connectivity index (χ3n) is 9.44. The van der Waals surface area contributed by atoms with Crippen LogP contribution >= 0.6 is 0 Å². The summed E-state index contributed by atoms with van der Waals surface area (Å²) < 4.78 is 24.2. The second-order valence-electron chi connectivity index (χ2n) is 12.9. The lowest BCUT2D eigenvalue weighted by atomic mass is 9.76. The first-order valence-corrected chi connectivity index (χ1v) is 15.9. The SMILES string of the molecule is C=C(C)C(=O)OCCOc1ccc(C2(c3ccc(C)cc3)C=Cc3c4c(c5ccc(OC)cc5c3O2)-c2ccccc2C4(C)C)cc1. The largest absolute Gasteiger partial charge is 0.497 e. The number of rotatable bonds is 8. The molecule has 5 aromatic carbocycles. The molecule has 7 rings (SSSR count). The van der Waals surface area contributed by atoms with E-state index in [4.69, 9.17) is 18.9 Å². The molecule has 0 amide bonds. The Balaban J connectivity index is 1.36. The van der Waals surface area contributed by atoms with Gasteiger partial charge in [0.25, 0.3) is 0 Å². The normalized spacial score (nSPS) is 16.9. The summed E-state index contributed by atoms with van der Waals surface area (Å²) in [7, 11) is 1.70. The molecule has 0 radical (unpaired) electrons. The molecule has 5 heteroatoms. The molecule has 47 heavy (non-hydrogen) atoms. The Morgan fingerprint density at radius 3 is 2.23 bits per heavy atom. The van der Waals surface area contributed by atoms with Crippen molar-refractivity contribution < 1.29 is 23.7 Å². The minimum Gasteiger partial charge on any atom is -0.497 e. The van der Waals surface area contributed by atoms with Crippen molar-refractivity contribution in [2.24, 2.45) is 0 Å². The third kappa shape index (κ3) is 4.98. The number of carbonyl (C=O) groups is 1. The summed E-state index contributed by atoms with van der Waals surface area (Å²) in [5.41, 5.74) is 8.59. The van der Waals surface area contributed by atoms with Crippen LogP contribution < -0.4 is 14.2 Å². The molecule has 0 fully saturated rings. The van der Waals surface area contributed by atoms with E-state index >= 15 is 0 Å². The van der Waals surface area contributed by atoms with Crippen molar-refractivity contribution in [1.82, 2.24) is 0 Å². The van der Waals surface area contributed by atoms with Crippen LogP contribution in [0.15, 0.2) is 109 Å². The van der Waals surface area contributed by atoms with Gasteiger partial charge >= 0.3 is 5.97 Å². The van der Waals surface area contributed by atoms with Gasteiger partial charge in [0.1, 0.15) is 30.5 Å². The summed E-state index contributed by atoms with van der Waals surface area (Å²) >= 11 is 0. The van der Waals surface area contributed by atoms with E-state index in [9.17, 15) is 4.79 Å². The van der Waals surface area contributed by atoms with E-state index < -0.39 is 11.6 Å². The molecule has 5 nitrogen and oxygen atoms in total. The first kappa shape index (κ1) is 30.4. The van der Waals surface area contributed by atoms with E-state index in [2.05, 4.69) is 100 Å². The van der Waals surface area contributed by atoms with Crippen molar-refractivity contribution in [3.63, 3.8) is 0 Å². The summed E-state index contributed by atoms with van der Waals surface area (Å²) in [4.78, 5) is 11.7. The van der Waals surface area contributed by atoms with Crippen LogP contribution in [0.2, 0.25) is 0 Å². The van der Waals surface area contributed by atoms with Crippen LogP contribution in [-0.4, -0.2) is 26.3 Å². The van der Waals surface area contributed by atoms with Crippen LogP contribution in [0.1, 0.15) is 54.2 Å². The molecule has 0 saturated heterocycles. The second kappa shape index (κ2) is 11.5. The molecule has 1 heterocycles. The first-order chi connectivity index (χ1) is 22.6. The number of methoxy groups -OCH3 is 1. The van der Waals surface area contributed by atoms with Gasteiger partial charge in [0.15, 0.2) is 5.60 Å². The summed E-state index contributed by atoms with van der Waals surface area (Å²) in [5, 5.41) is 2.15. The summed E-state index contributed by atoms with van der Waals surface area (Å²) in [6, 6.07) is 31.5. The van der Waals surface area contributed by atoms with Crippen molar-refractivity contribution >= 4 is 22.8 Å². The van der Waals surface area contributed by atoms with Crippen LogP contribution in [-0.2, 0) is 20.5 Å². The Morgan fingerprint density at radius 1 is 0.851 bits per heavy atom. The van der Waals surface area contributed by atoms with Gasteiger partial charge in [-0.05, 0) is 77.9 Å². The molecule has 0 spiro atoms. The summed E-state index contributed by atoms with van der Waals surface area (Å²) in [6.07, 6.45) is 4.45. The topological polar surface area (TPSA) is 54.0 Å². The average molecular weight is 623 g/mol. The highest BCUT2D eigenvalue weighted by molar-refractivity contribution is 6.09. The molecule has 0 bridgehead atoms. The highest BCUT2D eigenvalue weighted by atomic mass is 16.6. The number of carbonyl (C=O) groups excluding carboxylic acids is 1. The lowest BCUT2D eigenvalue weighted by molar-refractivity contribution is -0.139. The Hall–Kier alpha value is -5.29. The lowest BCUT2D eigenvalue weighted by Gasteiger charge is -2.38. The molecule has 0 saturated carbocycles. The molecule has 1 aliphatic carbocycles. The maximum absolute atomic E-state index is 11.7. The van der Waals surface area contributed by atoms with Gasteiger partial charge in [0.05, 0.1) is 7.11 Å². The Morgan fingerprint density at radius 2 is 1.53 bits per heavy atom. The standard InChI is InChI=1S/C42H38O5/c1-26(2)40(43)46-24-23-45-30-17-15-29(16-18-30)42(28-13-11-27(3)12-14-28)22-21-34-38-37(33-9-7-8-10-36(33)41(38,4)5)32-20-19-31(44-6)25-35(32)39(34)47-42/h7-22,25H,1,23-24H2,2-6H3. The molecule has 5 aromatic rings. The van der Waals surface area contributed by atoms with Crippen molar-refractivity contribution in [2.75, 3.05) is 20.3 Å². The number of ether oxygens (including phenoxy) is 4. The quantitative estimate of drug-likeness (QED) is 0.0981. The number of hydrogen-bond acceptors (Lipinski definition) is 5. The van der Waals surface area contributed by atoms with E-state index in [1.165, 1.54) is 27.8 Å².